The summed E-state index contributed by atoms with van der Waals surface area (Å²) < 4.78 is 42.9. The Labute approximate surface area is 200 Å². The number of carbonyl (C=O) groups excluding carboxylic acids is 1. The third-order valence-electron chi connectivity index (χ3n) is 6.24. The predicted octanol–water partition coefficient (Wildman–Crippen LogP) is 3.93. The number of sulfonamides is 1. The number of halogens is 1. The summed E-state index contributed by atoms with van der Waals surface area (Å²) in [6, 6.07) is 9.92. The van der Waals surface area contributed by atoms with Crippen molar-refractivity contribution in [2.24, 2.45) is 0 Å². The topological polar surface area (TPSA) is 84.3 Å². The highest BCUT2D eigenvalue weighted by Crippen LogP contribution is 2.26. The fourth-order valence-electron chi connectivity index (χ4n) is 4.39. The van der Waals surface area contributed by atoms with E-state index in [0.29, 0.717) is 37.1 Å². The van der Waals surface area contributed by atoms with E-state index >= 15 is 0 Å². The van der Waals surface area contributed by atoms with Crippen molar-refractivity contribution in [1.82, 2.24) is 19.2 Å². The van der Waals surface area contributed by atoms with Gasteiger partial charge in [0.25, 0.3) is 0 Å². The van der Waals surface area contributed by atoms with E-state index in [4.69, 9.17) is 4.98 Å². The molecule has 0 aliphatic carbocycles. The number of aromatic nitrogens is 2. The Balaban J connectivity index is 1.48. The van der Waals surface area contributed by atoms with Crippen molar-refractivity contribution in [1.29, 1.82) is 0 Å². The number of benzene rings is 2. The highest BCUT2D eigenvalue weighted by molar-refractivity contribution is 7.89. The van der Waals surface area contributed by atoms with Gasteiger partial charge in [0.1, 0.15) is 11.6 Å². The first-order valence-corrected chi connectivity index (χ1v) is 13.2. The average molecular weight is 487 g/mol. The van der Waals surface area contributed by atoms with Gasteiger partial charge in [0, 0.05) is 39.0 Å². The first kappa shape index (κ1) is 24.3. The monoisotopic (exact) mass is 486 g/mol. The minimum atomic E-state index is -3.51. The lowest BCUT2D eigenvalue weighted by molar-refractivity contribution is -0.121. The molecule has 7 nitrogen and oxygen atoms in total. The van der Waals surface area contributed by atoms with Crippen molar-refractivity contribution in [2.75, 3.05) is 13.1 Å². The molecule has 1 aliphatic rings. The molecule has 0 unspecified atom stereocenters. The fraction of sp³-hybridized carbons (Fsp3) is 0.440. The van der Waals surface area contributed by atoms with Gasteiger partial charge in [0.05, 0.1) is 15.9 Å². The molecule has 0 saturated carbocycles. The van der Waals surface area contributed by atoms with E-state index in [1.165, 1.54) is 10.4 Å². The Bertz CT molecular complexity index is 1300. The van der Waals surface area contributed by atoms with Crippen LogP contribution in [0.3, 0.4) is 0 Å². The number of amides is 1. The second-order valence-electron chi connectivity index (χ2n) is 8.80. The van der Waals surface area contributed by atoms with Crippen LogP contribution in [0.5, 0.6) is 0 Å². The van der Waals surface area contributed by atoms with E-state index in [-0.39, 0.29) is 23.0 Å². The van der Waals surface area contributed by atoms with Crippen molar-refractivity contribution in [3.8, 4) is 0 Å². The molecule has 0 spiro atoms. The zero-order chi connectivity index (χ0) is 24.3. The van der Waals surface area contributed by atoms with Gasteiger partial charge in [-0.05, 0) is 61.6 Å². The quantitative estimate of drug-likeness (QED) is 0.497. The number of nitrogens with zero attached hydrogens (tertiary/aromatic N) is 3. The lowest BCUT2D eigenvalue weighted by Gasteiger charge is -2.15. The molecule has 9 heteroatoms. The van der Waals surface area contributed by atoms with Gasteiger partial charge in [-0.15, -0.1) is 0 Å². The van der Waals surface area contributed by atoms with Crippen LogP contribution in [0.25, 0.3) is 11.0 Å². The molecular weight excluding hydrogens is 455 g/mol. The maximum Gasteiger partial charge on any atom is 0.243 e. The van der Waals surface area contributed by atoms with Gasteiger partial charge in [-0.2, -0.15) is 4.31 Å². The van der Waals surface area contributed by atoms with E-state index in [1.807, 2.05) is 6.07 Å². The van der Waals surface area contributed by atoms with Crippen LogP contribution >= 0.6 is 0 Å². The number of rotatable bonds is 9. The highest BCUT2D eigenvalue weighted by Gasteiger charge is 2.27. The number of imidazole rings is 1. The molecule has 1 N–H and O–H groups in total. The first-order valence-electron chi connectivity index (χ1n) is 11.8. The van der Waals surface area contributed by atoms with Crippen LogP contribution < -0.4 is 5.32 Å². The lowest BCUT2D eigenvalue weighted by atomic mass is 10.1. The van der Waals surface area contributed by atoms with Crippen molar-refractivity contribution in [2.45, 2.75) is 63.9 Å². The molecule has 182 valence electrons. The maximum atomic E-state index is 13.4. The minimum absolute atomic E-state index is 0.116. The summed E-state index contributed by atoms with van der Waals surface area (Å²) >= 11 is 0. The summed E-state index contributed by atoms with van der Waals surface area (Å²) in [5, 5.41) is 2.88. The number of aryl methyl sites for hydroxylation is 3. The molecule has 1 fully saturated rings. The molecule has 2 heterocycles. The largest absolute Gasteiger partial charge is 0.352 e. The van der Waals surface area contributed by atoms with E-state index in [1.54, 1.807) is 31.2 Å². The van der Waals surface area contributed by atoms with Gasteiger partial charge < -0.3 is 9.88 Å². The first-order chi connectivity index (χ1) is 16.3. The van der Waals surface area contributed by atoms with Gasteiger partial charge in [-0.3, -0.25) is 4.79 Å². The Morgan fingerprint density at radius 3 is 2.62 bits per heavy atom. The van der Waals surface area contributed by atoms with Gasteiger partial charge in [-0.25, -0.2) is 17.8 Å². The van der Waals surface area contributed by atoms with Gasteiger partial charge in [-0.1, -0.05) is 19.1 Å². The normalized spacial score (nSPS) is 14.7. The van der Waals surface area contributed by atoms with Crippen molar-refractivity contribution in [3.63, 3.8) is 0 Å². The molecule has 1 aliphatic heterocycles. The molecule has 0 atom stereocenters. The van der Waals surface area contributed by atoms with E-state index < -0.39 is 10.0 Å². The second kappa shape index (κ2) is 10.2. The molecule has 1 aromatic heterocycles. The summed E-state index contributed by atoms with van der Waals surface area (Å²) in [6.45, 7) is 5.95. The fourth-order valence-corrected chi connectivity index (χ4v) is 5.93. The Morgan fingerprint density at radius 1 is 1.15 bits per heavy atom. The molecule has 4 rings (SSSR count). The molecule has 0 bridgehead atoms. The van der Waals surface area contributed by atoms with Crippen LogP contribution in [0.4, 0.5) is 4.39 Å². The van der Waals surface area contributed by atoms with Crippen molar-refractivity contribution in [3.05, 3.63) is 59.2 Å². The molecule has 1 amide bonds. The Morgan fingerprint density at radius 2 is 1.91 bits per heavy atom. The van der Waals surface area contributed by atoms with Crippen LogP contribution in [0.2, 0.25) is 0 Å². The Hall–Kier alpha value is -2.78. The summed E-state index contributed by atoms with van der Waals surface area (Å²) in [5.41, 5.74) is 2.90. The third kappa shape index (κ3) is 5.15. The van der Waals surface area contributed by atoms with Crippen LogP contribution in [-0.4, -0.2) is 41.3 Å². The number of hydrogen-bond donors (Lipinski definition) is 1. The molecular formula is C25H31FN4O3S. The SMILES string of the molecule is CCCn1c(CCC(=O)NCc2ccc(F)c(C)c2)nc2cc(S(=O)(=O)N3CCCC3)ccc21. The van der Waals surface area contributed by atoms with Gasteiger partial charge in [0.2, 0.25) is 15.9 Å². The number of nitrogens with one attached hydrogen (secondary N) is 1. The summed E-state index contributed by atoms with van der Waals surface area (Å²) in [4.78, 5) is 17.4. The van der Waals surface area contributed by atoms with E-state index in [0.717, 1.165) is 42.7 Å². The predicted molar refractivity (Wildman–Crippen MR) is 129 cm³/mol. The van der Waals surface area contributed by atoms with Crippen molar-refractivity contribution < 1.29 is 17.6 Å². The maximum absolute atomic E-state index is 13.4. The second-order valence-corrected chi connectivity index (χ2v) is 10.7. The van der Waals surface area contributed by atoms with Crippen LogP contribution in [0.15, 0.2) is 41.3 Å². The summed E-state index contributed by atoms with van der Waals surface area (Å²) in [7, 11) is -3.51. The van der Waals surface area contributed by atoms with E-state index in [9.17, 15) is 17.6 Å². The molecule has 1 saturated heterocycles. The van der Waals surface area contributed by atoms with Gasteiger partial charge >= 0.3 is 0 Å². The average Bonchev–Trinajstić information content (AvgIpc) is 3.47. The summed E-state index contributed by atoms with van der Waals surface area (Å²) in [5.74, 6) is 0.385. The molecule has 0 radical (unpaired) electrons. The smallest absolute Gasteiger partial charge is 0.243 e. The van der Waals surface area contributed by atoms with Crippen LogP contribution in [0.1, 0.15) is 49.6 Å². The van der Waals surface area contributed by atoms with Crippen LogP contribution in [-0.2, 0) is 34.3 Å². The number of hydrogen-bond acceptors (Lipinski definition) is 4. The number of carbonyl (C=O) groups is 1. The molecule has 2 aromatic carbocycles. The highest BCUT2D eigenvalue weighted by atomic mass is 32.2. The zero-order valence-corrected chi connectivity index (χ0v) is 20.5. The Kier molecular flexibility index (Phi) is 7.33. The number of fused-ring (bicyclic) bond motifs is 1. The lowest BCUT2D eigenvalue weighted by Crippen LogP contribution is -2.27. The van der Waals surface area contributed by atoms with E-state index in [2.05, 4.69) is 16.8 Å². The standard InChI is InChI=1S/C25H31FN4O3S/c1-3-12-30-23-9-7-20(34(32,33)29-13-4-5-14-29)16-22(23)28-24(30)10-11-25(31)27-17-19-6-8-21(26)18(2)15-19/h6-9,15-16H,3-5,10-14,17H2,1-2H3,(H,27,31). The van der Waals surface area contributed by atoms with Crippen molar-refractivity contribution >= 4 is 27.0 Å². The minimum Gasteiger partial charge on any atom is -0.352 e. The summed E-state index contributed by atoms with van der Waals surface area (Å²) in [6.07, 6.45) is 3.37. The van der Waals surface area contributed by atoms with Crippen LogP contribution in [0, 0.1) is 12.7 Å². The zero-order valence-electron chi connectivity index (χ0n) is 19.7. The third-order valence-corrected chi connectivity index (χ3v) is 8.13. The van der Waals surface area contributed by atoms with Gasteiger partial charge in [0.15, 0.2) is 0 Å². The molecule has 3 aromatic rings. The molecule has 34 heavy (non-hydrogen) atoms.